The van der Waals surface area contributed by atoms with Gasteiger partial charge in [0.2, 0.25) is 0 Å². The summed E-state index contributed by atoms with van der Waals surface area (Å²) in [6.45, 7) is 3.08. The van der Waals surface area contributed by atoms with Crippen LogP contribution in [-0.4, -0.2) is 18.0 Å². The van der Waals surface area contributed by atoms with Gasteiger partial charge in [-0.3, -0.25) is 4.90 Å². The lowest BCUT2D eigenvalue weighted by molar-refractivity contribution is 0.262. The highest BCUT2D eigenvalue weighted by Crippen LogP contribution is 2.23. The van der Waals surface area contributed by atoms with Crippen LogP contribution in [0.15, 0.2) is 11.4 Å². The Labute approximate surface area is 82.4 Å². The molecule has 0 atom stereocenters. The van der Waals surface area contributed by atoms with E-state index in [2.05, 4.69) is 22.4 Å². The zero-order valence-electron chi connectivity index (χ0n) is 7.49. The van der Waals surface area contributed by atoms with Crippen molar-refractivity contribution in [2.24, 2.45) is 0 Å². The minimum atomic E-state index is 0.652. The molecule has 0 N–H and O–H groups in total. The van der Waals surface area contributed by atoms with Crippen LogP contribution in [0.5, 0.6) is 0 Å². The van der Waals surface area contributed by atoms with Gasteiger partial charge < -0.3 is 0 Å². The van der Waals surface area contributed by atoms with Gasteiger partial charge in [0.1, 0.15) is 0 Å². The highest BCUT2D eigenvalue weighted by atomic mass is 32.1. The van der Waals surface area contributed by atoms with E-state index in [0.29, 0.717) is 6.42 Å². The predicted molar refractivity (Wildman–Crippen MR) is 53.5 cm³/mol. The number of thiophene rings is 1. The van der Waals surface area contributed by atoms with Crippen molar-refractivity contribution in [3.63, 3.8) is 0 Å². The fraction of sp³-hybridized carbons (Fsp3) is 0.500. The fourth-order valence-corrected chi connectivity index (χ4v) is 2.60. The van der Waals surface area contributed by atoms with Crippen LogP contribution < -0.4 is 0 Å². The molecular weight excluding hydrogens is 180 g/mol. The van der Waals surface area contributed by atoms with E-state index in [0.717, 1.165) is 19.6 Å². The third kappa shape index (κ3) is 1.90. The molecule has 0 bridgehead atoms. The average Bonchev–Trinajstić information content (AvgIpc) is 2.61. The molecule has 0 radical (unpaired) electrons. The van der Waals surface area contributed by atoms with Crippen molar-refractivity contribution in [2.45, 2.75) is 19.4 Å². The van der Waals surface area contributed by atoms with E-state index in [1.165, 1.54) is 16.9 Å². The molecule has 2 rings (SSSR count). The minimum Gasteiger partial charge on any atom is -0.298 e. The van der Waals surface area contributed by atoms with Crippen LogP contribution in [0.1, 0.15) is 16.9 Å². The van der Waals surface area contributed by atoms with E-state index in [1.54, 1.807) is 0 Å². The summed E-state index contributed by atoms with van der Waals surface area (Å²) >= 11 is 1.86. The van der Waals surface area contributed by atoms with Crippen molar-refractivity contribution in [1.29, 1.82) is 5.26 Å². The molecule has 0 fully saturated rings. The largest absolute Gasteiger partial charge is 0.298 e. The predicted octanol–water partition coefficient (Wildman–Crippen LogP) is 2.02. The molecule has 2 heterocycles. The summed E-state index contributed by atoms with van der Waals surface area (Å²) < 4.78 is 0. The minimum absolute atomic E-state index is 0.652. The first-order valence-electron chi connectivity index (χ1n) is 4.54. The normalized spacial score (nSPS) is 16.5. The summed E-state index contributed by atoms with van der Waals surface area (Å²) in [4.78, 5) is 3.89. The molecule has 1 aromatic heterocycles. The van der Waals surface area contributed by atoms with Crippen LogP contribution in [0.25, 0.3) is 0 Å². The molecule has 0 aliphatic carbocycles. The lowest BCUT2D eigenvalue weighted by atomic mass is 10.1. The van der Waals surface area contributed by atoms with Gasteiger partial charge in [-0.15, -0.1) is 11.3 Å². The van der Waals surface area contributed by atoms with Crippen molar-refractivity contribution in [2.75, 3.05) is 13.1 Å². The Bertz CT molecular complexity index is 324. The van der Waals surface area contributed by atoms with Crippen molar-refractivity contribution in [3.8, 4) is 6.07 Å². The van der Waals surface area contributed by atoms with Gasteiger partial charge in [-0.05, 0) is 23.4 Å². The monoisotopic (exact) mass is 192 g/mol. The van der Waals surface area contributed by atoms with E-state index < -0.39 is 0 Å². The quantitative estimate of drug-likeness (QED) is 0.716. The molecule has 68 valence electrons. The second-order valence-electron chi connectivity index (χ2n) is 3.30. The molecule has 1 aliphatic heterocycles. The molecule has 0 spiro atoms. The standard InChI is InChI=1S/C10H12N2S/c11-4-1-5-12-6-2-10-9(8-12)3-7-13-10/h3,7H,1-2,5-6,8H2. The molecule has 0 aromatic carbocycles. The fourth-order valence-electron chi connectivity index (χ4n) is 1.71. The van der Waals surface area contributed by atoms with Gasteiger partial charge >= 0.3 is 0 Å². The van der Waals surface area contributed by atoms with E-state index in [-0.39, 0.29) is 0 Å². The second-order valence-corrected chi connectivity index (χ2v) is 4.30. The Balaban J connectivity index is 1.97. The Morgan fingerprint density at radius 1 is 1.62 bits per heavy atom. The summed E-state index contributed by atoms with van der Waals surface area (Å²) in [6.07, 6.45) is 1.82. The molecular formula is C10H12N2S. The first-order valence-corrected chi connectivity index (χ1v) is 5.42. The summed E-state index contributed by atoms with van der Waals surface area (Å²) in [5, 5.41) is 10.6. The maximum absolute atomic E-state index is 8.48. The van der Waals surface area contributed by atoms with Gasteiger partial charge in [-0.25, -0.2) is 0 Å². The van der Waals surface area contributed by atoms with Gasteiger partial charge in [0.15, 0.2) is 0 Å². The lowest BCUT2D eigenvalue weighted by Crippen LogP contribution is -2.30. The topological polar surface area (TPSA) is 27.0 Å². The van der Waals surface area contributed by atoms with Gasteiger partial charge in [0.05, 0.1) is 6.07 Å². The lowest BCUT2D eigenvalue weighted by Gasteiger charge is -2.25. The first kappa shape index (κ1) is 8.74. The third-order valence-corrected chi connectivity index (χ3v) is 3.45. The summed E-state index contributed by atoms with van der Waals surface area (Å²) in [5.74, 6) is 0. The molecule has 1 aliphatic rings. The van der Waals surface area contributed by atoms with Crippen LogP contribution in [0.2, 0.25) is 0 Å². The molecule has 1 aromatic rings. The smallest absolute Gasteiger partial charge is 0.0635 e. The van der Waals surface area contributed by atoms with E-state index >= 15 is 0 Å². The number of rotatable bonds is 2. The number of nitriles is 1. The van der Waals surface area contributed by atoms with Crippen LogP contribution in [0, 0.1) is 11.3 Å². The zero-order valence-corrected chi connectivity index (χ0v) is 8.31. The van der Waals surface area contributed by atoms with Gasteiger partial charge in [0.25, 0.3) is 0 Å². The Hall–Kier alpha value is -0.850. The van der Waals surface area contributed by atoms with Crippen LogP contribution in [0.3, 0.4) is 0 Å². The van der Waals surface area contributed by atoms with Crippen molar-refractivity contribution < 1.29 is 0 Å². The van der Waals surface area contributed by atoms with Gasteiger partial charge in [-0.1, -0.05) is 0 Å². The maximum atomic E-state index is 8.48. The molecule has 2 nitrogen and oxygen atoms in total. The van der Waals surface area contributed by atoms with Crippen LogP contribution in [-0.2, 0) is 13.0 Å². The van der Waals surface area contributed by atoms with E-state index in [9.17, 15) is 0 Å². The second kappa shape index (κ2) is 3.91. The number of hydrogen-bond donors (Lipinski definition) is 0. The molecule has 3 heteroatoms. The number of nitrogens with zero attached hydrogens (tertiary/aromatic N) is 2. The highest BCUT2D eigenvalue weighted by molar-refractivity contribution is 7.10. The van der Waals surface area contributed by atoms with Crippen molar-refractivity contribution in [3.05, 3.63) is 21.9 Å². The Kier molecular flexibility index (Phi) is 2.62. The summed E-state index contributed by atoms with van der Waals surface area (Å²) in [5.41, 5.74) is 1.47. The molecule has 0 saturated carbocycles. The molecule has 0 saturated heterocycles. The molecule has 13 heavy (non-hydrogen) atoms. The zero-order chi connectivity index (χ0) is 9.10. The van der Waals surface area contributed by atoms with E-state index in [4.69, 9.17) is 5.26 Å². The average molecular weight is 192 g/mol. The summed E-state index contributed by atoms with van der Waals surface area (Å²) in [6, 6.07) is 4.40. The Morgan fingerprint density at radius 3 is 3.38 bits per heavy atom. The van der Waals surface area contributed by atoms with E-state index in [1.807, 2.05) is 11.3 Å². The first-order chi connectivity index (χ1) is 6.40. The highest BCUT2D eigenvalue weighted by Gasteiger charge is 2.15. The molecule has 0 amide bonds. The molecule has 0 unspecified atom stereocenters. The summed E-state index contributed by atoms with van der Waals surface area (Å²) in [7, 11) is 0. The van der Waals surface area contributed by atoms with Gasteiger partial charge in [-0.2, -0.15) is 5.26 Å². The maximum Gasteiger partial charge on any atom is 0.0635 e. The van der Waals surface area contributed by atoms with Crippen molar-refractivity contribution in [1.82, 2.24) is 4.90 Å². The van der Waals surface area contributed by atoms with Crippen molar-refractivity contribution >= 4 is 11.3 Å². The van der Waals surface area contributed by atoms with Crippen LogP contribution in [0.4, 0.5) is 0 Å². The van der Waals surface area contributed by atoms with Gasteiger partial charge in [0, 0.05) is 30.9 Å². The SMILES string of the molecule is N#CCCN1CCc2sccc2C1. The number of hydrogen-bond acceptors (Lipinski definition) is 3. The Morgan fingerprint density at radius 2 is 2.54 bits per heavy atom. The van der Waals surface area contributed by atoms with Crippen LogP contribution >= 0.6 is 11.3 Å². The third-order valence-electron chi connectivity index (χ3n) is 2.43. The number of fused-ring (bicyclic) bond motifs is 1.